The number of aromatic nitrogens is 4. The first-order valence-electron chi connectivity index (χ1n) is 11.6. The number of carbonyl (C=O) groups excluding carboxylic acids is 1. The summed E-state index contributed by atoms with van der Waals surface area (Å²) < 4.78 is 44.6. The lowest BCUT2D eigenvalue weighted by Crippen LogP contribution is -2.13. The first kappa shape index (κ1) is 32.3. The van der Waals surface area contributed by atoms with E-state index in [-0.39, 0.29) is 40.9 Å². The first-order chi connectivity index (χ1) is 19.4. The molecule has 2 unspecified atom stereocenters. The summed E-state index contributed by atoms with van der Waals surface area (Å²) in [7, 11) is 1.25. The molecule has 10 nitrogen and oxygen atoms in total. The lowest BCUT2D eigenvalue weighted by atomic mass is 10.0. The zero-order chi connectivity index (χ0) is 30.3. The topological polar surface area (TPSA) is 148 Å². The highest BCUT2D eigenvalue weighted by molar-refractivity contribution is 14.1. The molecule has 4 aromatic rings. The van der Waals surface area contributed by atoms with Crippen LogP contribution in [0.15, 0.2) is 58.0 Å². The maximum Gasteiger partial charge on any atom is 0.338 e. The lowest BCUT2D eigenvalue weighted by Gasteiger charge is -2.17. The van der Waals surface area contributed by atoms with Crippen LogP contribution >= 0.6 is 54.5 Å². The number of halogens is 5. The van der Waals surface area contributed by atoms with Gasteiger partial charge in [0.2, 0.25) is 0 Å². The Labute approximate surface area is 264 Å². The van der Waals surface area contributed by atoms with Gasteiger partial charge >= 0.3 is 5.97 Å². The number of methoxy groups -OCH3 is 1. The quantitative estimate of drug-likeness (QED) is 0.155. The summed E-state index contributed by atoms with van der Waals surface area (Å²) >= 11 is 8.48. The van der Waals surface area contributed by atoms with Gasteiger partial charge in [-0.2, -0.15) is 0 Å². The van der Waals surface area contributed by atoms with Crippen LogP contribution in [0.4, 0.5) is 20.4 Å². The molecule has 0 aliphatic carbocycles. The summed E-state index contributed by atoms with van der Waals surface area (Å²) in [6, 6.07) is 8.26. The summed E-state index contributed by atoms with van der Waals surface area (Å²) in [5.74, 6) is -0.791. The zero-order valence-electron chi connectivity index (χ0n) is 21.7. The third kappa shape index (κ3) is 8.90. The number of hydrogen-bond donors (Lipinski definition) is 2. The molecule has 0 saturated heterocycles. The van der Waals surface area contributed by atoms with Crippen LogP contribution in [0.2, 0.25) is 0 Å². The fraction of sp³-hybridized carbons (Fsp3) is 0.192. The molecule has 4 rings (SSSR count). The SMILES string of the molecule is CC(Oc1nc(Br)cnc1N)c1cc(F)ccc1I.COC(=O)c1ccc(F)cc1C(C)Oc1nc(Br)cnc1N. The molecule has 2 aromatic carbocycles. The van der Waals surface area contributed by atoms with Crippen molar-refractivity contribution in [3.05, 3.63) is 89.9 Å². The third-order valence-corrected chi connectivity index (χ3v) is 7.05. The molecular formula is C26H23Br2F2IN6O4. The van der Waals surface area contributed by atoms with E-state index in [1.807, 2.05) is 0 Å². The van der Waals surface area contributed by atoms with Crippen LogP contribution in [0, 0.1) is 15.2 Å². The molecule has 216 valence electrons. The van der Waals surface area contributed by atoms with E-state index in [1.54, 1.807) is 19.9 Å². The Balaban J connectivity index is 0.000000228. The van der Waals surface area contributed by atoms with Gasteiger partial charge in [-0.3, -0.25) is 0 Å². The molecule has 0 bridgehead atoms. The van der Waals surface area contributed by atoms with Crippen molar-refractivity contribution in [1.29, 1.82) is 0 Å². The Morgan fingerprint density at radius 3 is 1.83 bits per heavy atom. The van der Waals surface area contributed by atoms with Gasteiger partial charge in [-0.05, 0) is 105 Å². The van der Waals surface area contributed by atoms with E-state index in [2.05, 4.69) is 79.1 Å². The summed E-state index contributed by atoms with van der Waals surface area (Å²) in [6.07, 6.45) is 1.84. The Bertz CT molecular complexity index is 1550. The molecule has 4 N–H and O–H groups in total. The van der Waals surface area contributed by atoms with Crippen LogP contribution in [-0.2, 0) is 4.74 Å². The van der Waals surface area contributed by atoms with Gasteiger partial charge in [0.1, 0.15) is 33.0 Å². The standard InChI is InChI=1S/C14H13BrFN3O3.C12H10BrFIN3O/c1-7(22-13-12(17)18-6-11(15)19-13)10-5-8(16)3-4-9(10)14(20)21-2;1-6(8-4-7(14)2-3-9(8)15)19-12-11(16)17-5-10(13)18-12/h3-7H,1-2H3,(H2,17,18);2-6H,1H3,(H2,16,17). The minimum atomic E-state index is -0.685. The van der Waals surface area contributed by atoms with Crippen LogP contribution < -0.4 is 20.9 Å². The molecule has 41 heavy (non-hydrogen) atoms. The van der Waals surface area contributed by atoms with Crippen molar-refractivity contribution >= 4 is 72.1 Å². The van der Waals surface area contributed by atoms with Crippen molar-refractivity contribution < 1.29 is 27.8 Å². The smallest absolute Gasteiger partial charge is 0.338 e. The van der Waals surface area contributed by atoms with Crippen molar-refractivity contribution in [2.45, 2.75) is 26.1 Å². The van der Waals surface area contributed by atoms with Gasteiger partial charge < -0.3 is 25.7 Å². The number of anilines is 2. The van der Waals surface area contributed by atoms with Gasteiger partial charge in [-0.25, -0.2) is 33.5 Å². The average molecular weight is 808 g/mol. The molecule has 0 aliphatic heterocycles. The number of benzene rings is 2. The van der Waals surface area contributed by atoms with Gasteiger partial charge in [0, 0.05) is 14.7 Å². The summed E-state index contributed by atoms with van der Waals surface area (Å²) in [4.78, 5) is 27.7. The summed E-state index contributed by atoms with van der Waals surface area (Å²) in [5.41, 5.74) is 12.6. The second kappa shape index (κ2) is 14.6. The molecular weight excluding hydrogens is 785 g/mol. The van der Waals surface area contributed by atoms with E-state index < -0.39 is 17.9 Å². The van der Waals surface area contributed by atoms with Gasteiger partial charge in [-0.1, -0.05) is 0 Å². The minimum absolute atomic E-state index is 0.0851. The van der Waals surface area contributed by atoms with Gasteiger partial charge in [-0.15, -0.1) is 0 Å². The number of ether oxygens (including phenoxy) is 3. The van der Waals surface area contributed by atoms with Crippen LogP contribution in [-0.4, -0.2) is 33.0 Å². The molecule has 2 heterocycles. The summed E-state index contributed by atoms with van der Waals surface area (Å²) in [6.45, 7) is 3.45. The normalized spacial score (nSPS) is 12.0. The highest BCUT2D eigenvalue weighted by atomic mass is 127. The zero-order valence-corrected chi connectivity index (χ0v) is 27.1. The van der Waals surface area contributed by atoms with E-state index >= 15 is 0 Å². The van der Waals surface area contributed by atoms with Gasteiger partial charge in [0.15, 0.2) is 11.6 Å². The van der Waals surface area contributed by atoms with E-state index in [9.17, 15) is 13.6 Å². The minimum Gasteiger partial charge on any atom is -0.467 e. The highest BCUT2D eigenvalue weighted by Gasteiger charge is 2.21. The number of nitrogen functional groups attached to an aromatic ring is 2. The van der Waals surface area contributed by atoms with Crippen molar-refractivity contribution in [3.8, 4) is 11.8 Å². The van der Waals surface area contributed by atoms with Crippen LogP contribution in [0.25, 0.3) is 0 Å². The Morgan fingerprint density at radius 1 is 0.854 bits per heavy atom. The predicted octanol–water partition coefficient (Wildman–Crippen LogP) is 6.59. The molecule has 2 atom stereocenters. The number of nitrogens with zero attached hydrogens (tertiary/aromatic N) is 4. The van der Waals surface area contributed by atoms with Crippen LogP contribution in [0.1, 0.15) is 47.5 Å². The molecule has 0 saturated carbocycles. The van der Waals surface area contributed by atoms with Crippen LogP contribution in [0.5, 0.6) is 11.8 Å². The fourth-order valence-corrected chi connectivity index (χ4v) is 4.65. The lowest BCUT2D eigenvalue weighted by molar-refractivity contribution is 0.0595. The molecule has 0 amide bonds. The second-order valence-corrected chi connectivity index (χ2v) is 11.0. The van der Waals surface area contributed by atoms with E-state index in [1.165, 1.54) is 49.8 Å². The molecule has 0 aliphatic rings. The van der Waals surface area contributed by atoms with Gasteiger partial charge in [0.05, 0.1) is 25.1 Å². The average Bonchev–Trinajstić information content (AvgIpc) is 2.93. The second-order valence-electron chi connectivity index (χ2n) is 8.18. The largest absolute Gasteiger partial charge is 0.467 e. The Kier molecular flexibility index (Phi) is 11.5. The van der Waals surface area contributed by atoms with Crippen molar-refractivity contribution in [3.63, 3.8) is 0 Å². The van der Waals surface area contributed by atoms with Crippen molar-refractivity contribution in [2.75, 3.05) is 18.6 Å². The van der Waals surface area contributed by atoms with Crippen molar-refractivity contribution in [2.24, 2.45) is 0 Å². The van der Waals surface area contributed by atoms with E-state index in [0.29, 0.717) is 14.8 Å². The van der Waals surface area contributed by atoms with Crippen molar-refractivity contribution in [1.82, 2.24) is 19.9 Å². The maximum absolute atomic E-state index is 13.5. The van der Waals surface area contributed by atoms with E-state index in [0.717, 1.165) is 9.13 Å². The highest BCUT2D eigenvalue weighted by Crippen LogP contribution is 2.29. The molecule has 0 spiro atoms. The first-order valence-corrected chi connectivity index (χ1v) is 14.3. The predicted molar refractivity (Wildman–Crippen MR) is 163 cm³/mol. The molecule has 0 fully saturated rings. The van der Waals surface area contributed by atoms with Gasteiger partial charge in [0.25, 0.3) is 11.8 Å². The van der Waals surface area contributed by atoms with E-state index in [4.69, 9.17) is 20.9 Å². The molecule has 2 aromatic heterocycles. The Morgan fingerprint density at radius 2 is 1.32 bits per heavy atom. The molecule has 0 radical (unpaired) electrons. The maximum atomic E-state index is 13.5. The fourth-order valence-electron chi connectivity index (χ4n) is 3.35. The van der Waals surface area contributed by atoms with Crippen LogP contribution in [0.3, 0.4) is 0 Å². The Hall–Kier alpha value is -3.18. The number of rotatable bonds is 7. The number of hydrogen-bond acceptors (Lipinski definition) is 10. The third-order valence-electron chi connectivity index (χ3n) is 5.30. The number of carbonyl (C=O) groups is 1. The molecule has 15 heteroatoms. The monoisotopic (exact) mass is 806 g/mol. The summed E-state index contributed by atoms with van der Waals surface area (Å²) in [5, 5.41) is 0. The number of nitrogens with two attached hydrogens (primary N) is 2. The number of esters is 1.